The van der Waals surface area contributed by atoms with Gasteiger partial charge in [-0.05, 0) is 49.9 Å². The molecule has 2 saturated heterocycles. The third kappa shape index (κ3) is 4.47. The summed E-state index contributed by atoms with van der Waals surface area (Å²) in [7, 11) is 0. The van der Waals surface area contributed by atoms with Crippen LogP contribution in [0, 0.1) is 0 Å². The molecule has 2 aromatic rings. The summed E-state index contributed by atoms with van der Waals surface area (Å²) in [5, 5.41) is 6.75. The van der Waals surface area contributed by atoms with E-state index < -0.39 is 0 Å². The van der Waals surface area contributed by atoms with Crippen molar-refractivity contribution in [3.05, 3.63) is 30.2 Å². The summed E-state index contributed by atoms with van der Waals surface area (Å²) in [6.07, 6.45) is 7.22. The maximum absolute atomic E-state index is 12.2. The summed E-state index contributed by atoms with van der Waals surface area (Å²) in [4.78, 5) is 18.8. The Bertz CT molecular complexity index is 745. The SMILES string of the molecule is O=C(NCC1CCCO1)c1nc(-c2ccc(N3CCCCCC3)cc2)no1. The average molecular weight is 370 g/mol. The minimum atomic E-state index is -0.356. The van der Waals surface area contributed by atoms with Crippen molar-refractivity contribution in [1.82, 2.24) is 15.5 Å². The first-order chi connectivity index (χ1) is 13.3. The number of aromatic nitrogens is 2. The highest BCUT2D eigenvalue weighted by Gasteiger charge is 2.20. The predicted octanol–water partition coefficient (Wildman–Crippen LogP) is 3.03. The van der Waals surface area contributed by atoms with E-state index in [2.05, 4.69) is 32.5 Å². The molecule has 1 N–H and O–H groups in total. The highest BCUT2D eigenvalue weighted by Crippen LogP contribution is 2.23. The Labute approximate surface area is 159 Å². The second-order valence-electron chi connectivity index (χ2n) is 7.22. The van der Waals surface area contributed by atoms with Gasteiger partial charge in [0.25, 0.3) is 0 Å². The van der Waals surface area contributed by atoms with Gasteiger partial charge >= 0.3 is 11.8 Å². The second kappa shape index (κ2) is 8.52. The first kappa shape index (κ1) is 18.0. The van der Waals surface area contributed by atoms with E-state index in [9.17, 15) is 4.79 Å². The molecule has 1 atom stereocenters. The fraction of sp³-hybridized carbons (Fsp3) is 0.550. The van der Waals surface area contributed by atoms with Crippen LogP contribution in [0.4, 0.5) is 5.69 Å². The maximum Gasteiger partial charge on any atom is 0.316 e. The van der Waals surface area contributed by atoms with Crippen molar-refractivity contribution in [2.45, 2.75) is 44.6 Å². The van der Waals surface area contributed by atoms with Gasteiger partial charge in [-0.25, -0.2) is 0 Å². The molecule has 2 fully saturated rings. The number of nitrogens with one attached hydrogen (secondary N) is 1. The van der Waals surface area contributed by atoms with Gasteiger partial charge in [0.05, 0.1) is 6.10 Å². The maximum atomic E-state index is 12.2. The molecule has 3 heterocycles. The van der Waals surface area contributed by atoms with E-state index in [-0.39, 0.29) is 17.9 Å². The summed E-state index contributed by atoms with van der Waals surface area (Å²) in [6, 6.07) is 8.15. The number of nitrogens with zero attached hydrogens (tertiary/aromatic N) is 3. The number of anilines is 1. The van der Waals surface area contributed by atoms with Crippen LogP contribution in [0.3, 0.4) is 0 Å². The van der Waals surface area contributed by atoms with Gasteiger partial charge in [-0.3, -0.25) is 4.79 Å². The number of rotatable bonds is 5. The van der Waals surface area contributed by atoms with E-state index >= 15 is 0 Å². The summed E-state index contributed by atoms with van der Waals surface area (Å²) in [5.74, 6) is 0.0599. The normalized spacial score (nSPS) is 20.4. The van der Waals surface area contributed by atoms with Gasteiger partial charge in [0.15, 0.2) is 0 Å². The van der Waals surface area contributed by atoms with Crippen molar-refractivity contribution >= 4 is 11.6 Å². The summed E-state index contributed by atoms with van der Waals surface area (Å²) >= 11 is 0. The summed E-state index contributed by atoms with van der Waals surface area (Å²) in [6.45, 7) is 3.45. The number of amides is 1. The van der Waals surface area contributed by atoms with Gasteiger partial charge in [0, 0.05) is 37.5 Å². The van der Waals surface area contributed by atoms with Crippen molar-refractivity contribution < 1.29 is 14.1 Å². The molecular weight excluding hydrogens is 344 g/mol. The average Bonchev–Trinajstić information content (AvgIpc) is 3.33. The van der Waals surface area contributed by atoms with E-state index in [1.807, 2.05) is 12.1 Å². The Kier molecular flexibility index (Phi) is 5.67. The Morgan fingerprint density at radius 1 is 1.11 bits per heavy atom. The lowest BCUT2D eigenvalue weighted by Crippen LogP contribution is -2.31. The smallest absolute Gasteiger partial charge is 0.316 e. The molecule has 2 aliphatic heterocycles. The quantitative estimate of drug-likeness (QED) is 0.871. The molecule has 1 aromatic heterocycles. The molecular formula is C20H26N4O3. The molecule has 0 bridgehead atoms. The Morgan fingerprint density at radius 2 is 1.89 bits per heavy atom. The second-order valence-corrected chi connectivity index (χ2v) is 7.22. The van der Waals surface area contributed by atoms with Gasteiger partial charge in [0.1, 0.15) is 0 Å². The zero-order chi connectivity index (χ0) is 18.5. The highest BCUT2D eigenvalue weighted by molar-refractivity contribution is 5.89. The van der Waals surface area contributed by atoms with E-state index in [1.54, 1.807) is 0 Å². The molecule has 7 heteroatoms. The van der Waals surface area contributed by atoms with Crippen LogP contribution < -0.4 is 10.2 Å². The highest BCUT2D eigenvalue weighted by atomic mass is 16.5. The molecule has 0 aliphatic carbocycles. The topological polar surface area (TPSA) is 80.5 Å². The van der Waals surface area contributed by atoms with E-state index in [0.29, 0.717) is 12.4 Å². The molecule has 1 amide bonds. The zero-order valence-corrected chi connectivity index (χ0v) is 15.5. The van der Waals surface area contributed by atoms with Crippen LogP contribution in [0.25, 0.3) is 11.4 Å². The van der Waals surface area contributed by atoms with Crippen LogP contribution in [0.5, 0.6) is 0 Å². The minimum absolute atomic E-state index is 0.0143. The Hall–Kier alpha value is -2.41. The molecule has 0 saturated carbocycles. The number of benzene rings is 1. The third-order valence-corrected chi connectivity index (χ3v) is 5.23. The van der Waals surface area contributed by atoms with E-state index in [1.165, 1.54) is 31.4 Å². The molecule has 1 aromatic carbocycles. The largest absolute Gasteiger partial charge is 0.376 e. The number of hydrogen-bond acceptors (Lipinski definition) is 6. The first-order valence-corrected chi connectivity index (χ1v) is 9.88. The van der Waals surface area contributed by atoms with Crippen molar-refractivity contribution in [2.75, 3.05) is 31.1 Å². The van der Waals surface area contributed by atoms with Crippen LogP contribution in [-0.4, -0.2) is 48.4 Å². The molecule has 0 spiro atoms. The molecule has 4 rings (SSSR count). The van der Waals surface area contributed by atoms with Crippen LogP contribution in [0.2, 0.25) is 0 Å². The van der Waals surface area contributed by atoms with E-state index in [0.717, 1.165) is 38.1 Å². The minimum Gasteiger partial charge on any atom is -0.376 e. The number of carbonyl (C=O) groups excluding carboxylic acids is 1. The summed E-state index contributed by atoms with van der Waals surface area (Å²) < 4.78 is 10.6. The molecule has 144 valence electrons. The van der Waals surface area contributed by atoms with Crippen LogP contribution in [-0.2, 0) is 4.74 Å². The number of ether oxygens (including phenoxy) is 1. The fourth-order valence-electron chi connectivity index (χ4n) is 3.67. The molecule has 2 aliphatic rings. The van der Waals surface area contributed by atoms with Gasteiger partial charge in [0.2, 0.25) is 5.82 Å². The van der Waals surface area contributed by atoms with Crippen molar-refractivity contribution in [3.63, 3.8) is 0 Å². The van der Waals surface area contributed by atoms with Gasteiger partial charge in [-0.1, -0.05) is 18.0 Å². The van der Waals surface area contributed by atoms with Gasteiger partial charge in [-0.2, -0.15) is 4.98 Å². The lowest BCUT2D eigenvalue weighted by Gasteiger charge is -2.22. The van der Waals surface area contributed by atoms with Gasteiger partial charge < -0.3 is 19.5 Å². The van der Waals surface area contributed by atoms with Crippen LogP contribution in [0.1, 0.15) is 49.2 Å². The predicted molar refractivity (Wildman–Crippen MR) is 102 cm³/mol. The lowest BCUT2D eigenvalue weighted by atomic mass is 10.2. The Morgan fingerprint density at radius 3 is 2.59 bits per heavy atom. The monoisotopic (exact) mass is 370 g/mol. The zero-order valence-electron chi connectivity index (χ0n) is 15.5. The van der Waals surface area contributed by atoms with Crippen molar-refractivity contribution in [2.24, 2.45) is 0 Å². The van der Waals surface area contributed by atoms with Crippen LogP contribution >= 0.6 is 0 Å². The number of hydrogen-bond donors (Lipinski definition) is 1. The van der Waals surface area contributed by atoms with Crippen molar-refractivity contribution in [3.8, 4) is 11.4 Å². The van der Waals surface area contributed by atoms with Gasteiger partial charge in [-0.15, -0.1) is 0 Å². The fourth-order valence-corrected chi connectivity index (χ4v) is 3.67. The standard InChI is InChI=1S/C20H26N4O3/c25-19(21-14-17-6-5-13-26-17)20-22-18(23-27-20)15-7-9-16(10-8-15)24-11-3-1-2-4-12-24/h7-10,17H,1-6,11-14H2,(H,21,25). The molecule has 27 heavy (non-hydrogen) atoms. The molecule has 0 radical (unpaired) electrons. The third-order valence-electron chi connectivity index (χ3n) is 5.23. The first-order valence-electron chi connectivity index (χ1n) is 9.88. The molecule has 1 unspecified atom stereocenters. The Balaban J connectivity index is 1.37. The number of carbonyl (C=O) groups is 1. The molecule has 7 nitrogen and oxygen atoms in total. The lowest BCUT2D eigenvalue weighted by molar-refractivity contribution is 0.0822. The van der Waals surface area contributed by atoms with Crippen LogP contribution in [0.15, 0.2) is 28.8 Å². The summed E-state index contributed by atoms with van der Waals surface area (Å²) in [5.41, 5.74) is 2.06. The van der Waals surface area contributed by atoms with Crippen molar-refractivity contribution in [1.29, 1.82) is 0 Å². The van der Waals surface area contributed by atoms with E-state index in [4.69, 9.17) is 9.26 Å².